The van der Waals surface area contributed by atoms with Gasteiger partial charge in [-0.15, -0.1) is 0 Å². The molecule has 0 spiro atoms. The lowest BCUT2D eigenvalue weighted by Crippen LogP contribution is -2.15. The maximum Gasteiger partial charge on any atom is 0.354 e. The molecule has 8 nitrogen and oxygen atoms in total. The maximum atomic E-state index is 11.7. The third kappa shape index (κ3) is 2.48. The Morgan fingerprint density at radius 3 is 2.83 bits per heavy atom. The van der Waals surface area contributed by atoms with Gasteiger partial charge in [-0.2, -0.15) is 5.10 Å². The minimum absolute atomic E-state index is 0.0660. The molecular formula is C10H9N5O3. The number of aromatic carboxylic acids is 1. The molecule has 8 heteroatoms. The van der Waals surface area contributed by atoms with Crippen LogP contribution in [0.5, 0.6) is 0 Å². The molecule has 0 aliphatic rings. The first-order valence-electron chi connectivity index (χ1n) is 4.92. The van der Waals surface area contributed by atoms with E-state index in [0.29, 0.717) is 5.56 Å². The molecule has 0 unspecified atom stereocenters. The summed E-state index contributed by atoms with van der Waals surface area (Å²) in [5, 5.41) is 15.0. The van der Waals surface area contributed by atoms with Gasteiger partial charge in [-0.05, 0) is 6.07 Å². The van der Waals surface area contributed by atoms with E-state index in [-0.39, 0.29) is 11.6 Å². The van der Waals surface area contributed by atoms with Crippen molar-refractivity contribution >= 4 is 17.8 Å². The number of aryl methyl sites for hydroxylation is 1. The second kappa shape index (κ2) is 4.62. The van der Waals surface area contributed by atoms with E-state index in [1.165, 1.54) is 29.3 Å². The molecule has 2 aromatic rings. The van der Waals surface area contributed by atoms with Crippen LogP contribution < -0.4 is 5.32 Å². The third-order valence-electron chi connectivity index (χ3n) is 2.07. The fraction of sp³-hybridized carbons (Fsp3) is 0.100. The Balaban J connectivity index is 2.16. The van der Waals surface area contributed by atoms with Gasteiger partial charge >= 0.3 is 5.97 Å². The van der Waals surface area contributed by atoms with Gasteiger partial charge in [0.25, 0.3) is 5.91 Å². The number of aromatic nitrogens is 4. The summed E-state index contributed by atoms with van der Waals surface area (Å²) in [6.45, 7) is 0. The molecule has 0 bridgehead atoms. The number of carboxylic acids is 1. The molecule has 0 saturated heterocycles. The molecular weight excluding hydrogens is 238 g/mol. The number of hydrogen-bond donors (Lipinski definition) is 2. The van der Waals surface area contributed by atoms with Crippen LogP contribution in [0.1, 0.15) is 20.8 Å². The molecule has 2 heterocycles. The highest BCUT2D eigenvalue weighted by Gasteiger charge is 2.11. The lowest BCUT2D eigenvalue weighted by Gasteiger charge is -2.01. The van der Waals surface area contributed by atoms with Gasteiger partial charge in [0.2, 0.25) is 5.95 Å². The second-order valence-corrected chi connectivity index (χ2v) is 3.43. The number of nitrogens with one attached hydrogen (secondary N) is 1. The lowest BCUT2D eigenvalue weighted by atomic mass is 10.3. The van der Waals surface area contributed by atoms with Crippen LogP contribution in [0.15, 0.2) is 24.7 Å². The minimum atomic E-state index is -1.19. The van der Waals surface area contributed by atoms with E-state index in [4.69, 9.17) is 5.11 Å². The van der Waals surface area contributed by atoms with E-state index < -0.39 is 11.9 Å². The van der Waals surface area contributed by atoms with Crippen LogP contribution in [0, 0.1) is 0 Å². The standard InChI is InChI=1S/C10H9N5O3/c1-15-5-6(4-12-15)8(16)14-10-11-3-2-7(13-10)9(17)18/h2-5H,1H3,(H,17,18)(H,11,13,14,16). The zero-order chi connectivity index (χ0) is 13.1. The maximum absolute atomic E-state index is 11.7. The molecule has 2 N–H and O–H groups in total. The molecule has 0 aliphatic carbocycles. The van der Waals surface area contributed by atoms with E-state index in [0.717, 1.165) is 0 Å². The van der Waals surface area contributed by atoms with E-state index in [1.807, 2.05) is 0 Å². The number of carbonyl (C=O) groups is 2. The van der Waals surface area contributed by atoms with E-state index in [2.05, 4.69) is 20.4 Å². The van der Waals surface area contributed by atoms with Crippen LogP contribution in [0.4, 0.5) is 5.95 Å². The van der Waals surface area contributed by atoms with Gasteiger partial charge < -0.3 is 5.11 Å². The van der Waals surface area contributed by atoms with Crippen molar-refractivity contribution in [3.05, 3.63) is 35.9 Å². The van der Waals surface area contributed by atoms with Crippen molar-refractivity contribution in [2.75, 3.05) is 5.32 Å². The summed E-state index contributed by atoms with van der Waals surface area (Å²) < 4.78 is 1.48. The summed E-state index contributed by atoms with van der Waals surface area (Å²) in [5.74, 6) is -1.70. The van der Waals surface area contributed by atoms with Crippen LogP contribution in [0.25, 0.3) is 0 Å². The zero-order valence-corrected chi connectivity index (χ0v) is 9.36. The minimum Gasteiger partial charge on any atom is -0.477 e. The van der Waals surface area contributed by atoms with Crippen molar-refractivity contribution in [1.82, 2.24) is 19.7 Å². The lowest BCUT2D eigenvalue weighted by molar-refractivity contribution is 0.0690. The fourth-order valence-electron chi connectivity index (χ4n) is 1.25. The topological polar surface area (TPSA) is 110 Å². The summed E-state index contributed by atoms with van der Waals surface area (Å²) in [7, 11) is 1.68. The summed E-state index contributed by atoms with van der Waals surface area (Å²) in [5.41, 5.74) is 0.147. The van der Waals surface area contributed by atoms with Gasteiger partial charge in [0.05, 0.1) is 11.8 Å². The molecule has 0 aromatic carbocycles. The molecule has 2 aromatic heterocycles. The molecule has 18 heavy (non-hydrogen) atoms. The van der Waals surface area contributed by atoms with Gasteiger partial charge in [-0.25, -0.2) is 14.8 Å². The first-order chi connectivity index (χ1) is 8.56. The van der Waals surface area contributed by atoms with Crippen molar-refractivity contribution in [3.8, 4) is 0 Å². The molecule has 0 fully saturated rings. The number of carbonyl (C=O) groups excluding carboxylic acids is 1. The molecule has 0 saturated carbocycles. The Morgan fingerprint density at radius 1 is 1.44 bits per heavy atom. The Hall–Kier alpha value is -2.77. The van der Waals surface area contributed by atoms with Crippen molar-refractivity contribution < 1.29 is 14.7 Å². The van der Waals surface area contributed by atoms with Crippen LogP contribution in [-0.4, -0.2) is 36.7 Å². The number of hydrogen-bond acceptors (Lipinski definition) is 5. The predicted molar refractivity (Wildman–Crippen MR) is 60.2 cm³/mol. The predicted octanol–water partition coefficient (Wildman–Crippen LogP) is 0.161. The second-order valence-electron chi connectivity index (χ2n) is 3.43. The van der Waals surface area contributed by atoms with Gasteiger partial charge in [-0.3, -0.25) is 14.8 Å². The normalized spacial score (nSPS) is 10.1. The van der Waals surface area contributed by atoms with Crippen LogP contribution in [-0.2, 0) is 7.05 Å². The highest BCUT2D eigenvalue weighted by molar-refractivity contribution is 6.03. The first kappa shape index (κ1) is 11.7. The van der Waals surface area contributed by atoms with Crippen molar-refractivity contribution in [1.29, 1.82) is 0 Å². The molecule has 92 valence electrons. The summed E-state index contributed by atoms with van der Waals surface area (Å²) in [6, 6.07) is 1.24. The molecule has 0 radical (unpaired) electrons. The zero-order valence-electron chi connectivity index (χ0n) is 9.36. The monoisotopic (exact) mass is 247 g/mol. The smallest absolute Gasteiger partial charge is 0.354 e. The van der Waals surface area contributed by atoms with Crippen molar-refractivity contribution in [3.63, 3.8) is 0 Å². The SMILES string of the molecule is Cn1cc(C(=O)Nc2nccc(C(=O)O)n2)cn1. The quantitative estimate of drug-likeness (QED) is 0.799. The van der Waals surface area contributed by atoms with Crippen LogP contribution in [0.2, 0.25) is 0 Å². The van der Waals surface area contributed by atoms with Gasteiger partial charge in [0.15, 0.2) is 5.69 Å². The Kier molecular flexibility index (Phi) is 3.00. The largest absolute Gasteiger partial charge is 0.477 e. The number of nitrogens with zero attached hydrogens (tertiary/aromatic N) is 4. The van der Waals surface area contributed by atoms with Crippen LogP contribution in [0.3, 0.4) is 0 Å². The Bertz CT molecular complexity index is 607. The van der Waals surface area contributed by atoms with Gasteiger partial charge in [0.1, 0.15) is 0 Å². The average Bonchev–Trinajstić information content (AvgIpc) is 2.76. The van der Waals surface area contributed by atoms with Crippen LogP contribution >= 0.6 is 0 Å². The molecule has 2 rings (SSSR count). The Labute approximate surface area is 101 Å². The number of rotatable bonds is 3. The van der Waals surface area contributed by atoms with E-state index >= 15 is 0 Å². The number of carboxylic acid groups (broad SMARTS) is 1. The highest BCUT2D eigenvalue weighted by Crippen LogP contribution is 2.04. The average molecular weight is 247 g/mol. The van der Waals surface area contributed by atoms with E-state index in [1.54, 1.807) is 7.05 Å². The van der Waals surface area contributed by atoms with Crippen molar-refractivity contribution in [2.24, 2.45) is 7.05 Å². The number of amides is 1. The molecule has 1 amide bonds. The molecule has 0 aliphatic heterocycles. The van der Waals surface area contributed by atoms with Crippen molar-refractivity contribution in [2.45, 2.75) is 0 Å². The first-order valence-corrected chi connectivity index (χ1v) is 4.92. The third-order valence-corrected chi connectivity index (χ3v) is 2.07. The molecule has 0 atom stereocenters. The van der Waals surface area contributed by atoms with E-state index in [9.17, 15) is 9.59 Å². The Morgan fingerprint density at radius 2 is 2.22 bits per heavy atom. The summed E-state index contributed by atoms with van der Waals surface area (Å²) in [6.07, 6.45) is 4.17. The number of anilines is 1. The summed E-state index contributed by atoms with van der Waals surface area (Å²) >= 11 is 0. The van der Waals surface area contributed by atoms with Gasteiger partial charge in [-0.1, -0.05) is 0 Å². The summed E-state index contributed by atoms with van der Waals surface area (Å²) in [4.78, 5) is 29.8. The fourth-order valence-corrected chi connectivity index (χ4v) is 1.25. The van der Waals surface area contributed by atoms with Gasteiger partial charge in [0, 0.05) is 19.4 Å². The highest BCUT2D eigenvalue weighted by atomic mass is 16.4.